The van der Waals surface area contributed by atoms with Gasteiger partial charge in [-0.2, -0.15) is 5.10 Å². The van der Waals surface area contributed by atoms with Crippen LogP contribution < -0.4 is 0 Å². The second kappa shape index (κ2) is 3.09. The van der Waals surface area contributed by atoms with Gasteiger partial charge in [0.2, 0.25) is 0 Å². The highest BCUT2D eigenvalue weighted by atomic mass is 19.3. The molecule has 0 aliphatic rings. The molecule has 0 bridgehead atoms. The predicted molar refractivity (Wildman–Crippen MR) is 46.9 cm³/mol. The standard InChI is InChI=1S/C9H14F2N2/c1-6-5-7(8(10)11)12-13(6)9(2,3)4/h5,8H,1-4H3. The van der Waals surface area contributed by atoms with Gasteiger partial charge in [-0.3, -0.25) is 4.68 Å². The first-order valence-corrected chi connectivity index (χ1v) is 4.17. The van der Waals surface area contributed by atoms with Crippen LogP contribution in [0, 0.1) is 6.92 Å². The Morgan fingerprint density at radius 1 is 1.38 bits per heavy atom. The molecule has 0 unspecified atom stereocenters. The second-order valence-electron chi connectivity index (χ2n) is 4.09. The van der Waals surface area contributed by atoms with Crippen LogP contribution in [0.25, 0.3) is 0 Å². The van der Waals surface area contributed by atoms with E-state index in [1.165, 1.54) is 6.07 Å². The van der Waals surface area contributed by atoms with E-state index >= 15 is 0 Å². The Balaban J connectivity index is 3.11. The molecule has 0 atom stereocenters. The summed E-state index contributed by atoms with van der Waals surface area (Å²) in [5.41, 5.74) is 0.382. The summed E-state index contributed by atoms with van der Waals surface area (Å²) in [4.78, 5) is 0. The number of hydrogen-bond acceptors (Lipinski definition) is 1. The Morgan fingerprint density at radius 3 is 2.15 bits per heavy atom. The highest BCUT2D eigenvalue weighted by molar-refractivity contribution is 5.11. The van der Waals surface area contributed by atoms with Gasteiger partial charge in [-0.1, -0.05) is 0 Å². The molecule has 1 aromatic heterocycles. The fraction of sp³-hybridized carbons (Fsp3) is 0.667. The first kappa shape index (κ1) is 10.2. The van der Waals surface area contributed by atoms with Gasteiger partial charge >= 0.3 is 0 Å². The summed E-state index contributed by atoms with van der Waals surface area (Å²) < 4.78 is 26.2. The summed E-state index contributed by atoms with van der Waals surface area (Å²) in [6.07, 6.45) is -2.48. The maximum Gasteiger partial charge on any atom is 0.282 e. The topological polar surface area (TPSA) is 17.8 Å². The molecule has 0 aliphatic heterocycles. The lowest BCUT2D eigenvalue weighted by Crippen LogP contribution is -2.24. The molecular weight excluding hydrogens is 174 g/mol. The number of nitrogens with zero attached hydrogens (tertiary/aromatic N) is 2. The summed E-state index contributed by atoms with van der Waals surface area (Å²) >= 11 is 0. The minimum atomic E-state index is -2.48. The summed E-state index contributed by atoms with van der Waals surface area (Å²) in [5.74, 6) is 0. The van der Waals surface area contributed by atoms with Gasteiger partial charge in [-0.05, 0) is 33.8 Å². The maximum atomic E-state index is 12.3. The Hall–Kier alpha value is -0.930. The van der Waals surface area contributed by atoms with E-state index in [1.807, 2.05) is 20.8 Å². The van der Waals surface area contributed by atoms with Crippen molar-refractivity contribution in [1.82, 2.24) is 9.78 Å². The van der Waals surface area contributed by atoms with Crippen LogP contribution in [-0.4, -0.2) is 9.78 Å². The van der Waals surface area contributed by atoms with Gasteiger partial charge in [0.25, 0.3) is 6.43 Å². The quantitative estimate of drug-likeness (QED) is 0.662. The van der Waals surface area contributed by atoms with Crippen molar-refractivity contribution in [2.24, 2.45) is 0 Å². The Bertz CT molecular complexity index is 297. The van der Waals surface area contributed by atoms with Crippen molar-refractivity contribution in [3.8, 4) is 0 Å². The van der Waals surface area contributed by atoms with E-state index in [9.17, 15) is 8.78 Å². The molecule has 0 spiro atoms. The SMILES string of the molecule is Cc1cc(C(F)F)nn1C(C)(C)C. The zero-order valence-corrected chi connectivity index (χ0v) is 8.31. The third-order valence-corrected chi connectivity index (χ3v) is 1.77. The molecule has 1 heterocycles. The van der Waals surface area contributed by atoms with Gasteiger partial charge in [0.1, 0.15) is 5.69 Å². The largest absolute Gasteiger partial charge is 0.282 e. The fourth-order valence-electron chi connectivity index (χ4n) is 1.28. The molecule has 0 saturated carbocycles. The van der Waals surface area contributed by atoms with Gasteiger partial charge in [0.15, 0.2) is 0 Å². The highest BCUT2D eigenvalue weighted by Crippen LogP contribution is 2.22. The summed E-state index contributed by atoms with van der Waals surface area (Å²) in [7, 11) is 0. The second-order valence-corrected chi connectivity index (χ2v) is 4.09. The lowest BCUT2D eigenvalue weighted by molar-refractivity contribution is 0.143. The molecule has 1 rings (SSSR count). The fourth-order valence-corrected chi connectivity index (χ4v) is 1.28. The average molecular weight is 188 g/mol. The molecule has 1 aromatic rings. The average Bonchev–Trinajstić information content (AvgIpc) is 2.29. The molecule has 4 heteroatoms. The van der Waals surface area contributed by atoms with E-state index in [-0.39, 0.29) is 11.2 Å². The number of alkyl halides is 2. The van der Waals surface area contributed by atoms with Crippen LogP contribution in [0.5, 0.6) is 0 Å². The predicted octanol–water partition coefficient (Wildman–Crippen LogP) is 2.88. The monoisotopic (exact) mass is 188 g/mol. The minimum Gasteiger partial charge on any atom is -0.264 e. The normalized spacial score (nSPS) is 12.5. The minimum absolute atomic E-state index is 0.146. The van der Waals surface area contributed by atoms with Crippen molar-refractivity contribution in [3.05, 3.63) is 17.5 Å². The van der Waals surface area contributed by atoms with Gasteiger partial charge in [-0.25, -0.2) is 8.78 Å². The lowest BCUT2D eigenvalue weighted by Gasteiger charge is -2.21. The third-order valence-electron chi connectivity index (χ3n) is 1.77. The van der Waals surface area contributed by atoms with E-state index in [2.05, 4.69) is 5.10 Å². The Morgan fingerprint density at radius 2 is 1.92 bits per heavy atom. The molecule has 2 nitrogen and oxygen atoms in total. The van der Waals surface area contributed by atoms with Crippen LogP contribution in [0.4, 0.5) is 8.78 Å². The van der Waals surface area contributed by atoms with Crippen LogP contribution in [-0.2, 0) is 5.54 Å². The van der Waals surface area contributed by atoms with Crippen molar-refractivity contribution in [2.45, 2.75) is 39.7 Å². The van der Waals surface area contributed by atoms with E-state index in [1.54, 1.807) is 11.6 Å². The lowest BCUT2D eigenvalue weighted by atomic mass is 10.1. The molecule has 0 aliphatic carbocycles. The van der Waals surface area contributed by atoms with Crippen LogP contribution in [0.1, 0.15) is 38.6 Å². The van der Waals surface area contributed by atoms with Crippen LogP contribution in [0.3, 0.4) is 0 Å². The first-order chi connectivity index (χ1) is 5.82. The number of aryl methyl sites for hydroxylation is 1. The van der Waals surface area contributed by atoms with E-state index in [0.717, 1.165) is 5.69 Å². The van der Waals surface area contributed by atoms with Crippen LogP contribution >= 0.6 is 0 Å². The molecule has 74 valence electrons. The molecular formula is C9H14F2N2. The van der Waals surface area contributed by atoms with E-state index in [4.69, 9.17) is 0 Å². The van der Waals surface area contributed by atoms with Gasteiger partial charge in [0.05, 0.1) is 5.54 Å². The van der Waals surface area contributed by atoms with E-state index in [0.29, 0.717) is 0 Å². The van der Waals surface area contributed by atoms with Gasteiger partial charge in [-0.15, -0.1) is 0 Å². The summed E-state index contributed by atoms with van der Waals surface area (Å²) in [6, 6.07) is 1.43. The Labute approximate surface area is 76.6 Å². The highest BCUT2D eigenvalue weighted by Gasteiger charge is 2.20. The molecule has 13 heavy (non-hydrogen) atoms. The molecule has 0 N–H and O–H groups in total. The maximum absolute atomic E-state index is 12.3. The van der Waals surface area contributed by atoms with Crippen molar-refractivity contribution in [3.63, 3.8) is 0 Å². The summed E-state index contributed by atoms with van der Waals surface area (Å²) in [6.45, 7) is 7.58. The molecule has 0 fully saturated rings. The number of aromatic nitrogens is 2. The van der Waals surface area contributed by atoms with Crippen molar-refractivity contribution in [1.29, 1.82) is 0 Å². The van der Waals surface area contributed by atoms with E-state index < -0.39 is 6.43 Å². The first-order valence-electron chi connectivity index (χ1n) is 4.17. The molecule has 0 radical (unpaired) electrons. The zero-order valence-electron chi connectivity index (χ0n) is 8.31. The van der Waals surface area contributed by atoms with Gasteiger partial charge < -0.3 is 0 Å². The van der Waals surface area contributed by atoms with Gasteiger partial charge in [0, 0.05) is 5.69 Å². The van der Waals surface area contributed by atoms with Crippen LogP contribution in [0.15, 0.2) is 6.07 Å². The molecule has 0 saturated heterocycles. The van der Waals surface area contributed by atoms with Crippen LogP contribution in [0.2, 0.25) is 0 Å². The Kier molecular flexibility index (Phi) is 2.41. The number of rotatable bonds is 1. The number of halogens is 2. The van der Waals surface area contributed by atoms with Crippen molar-refractivity contribution < 1.29 is 8.78 Å². The molecule has 0 amide bonds. The summed E-state index contributed by atoms with van der Waals surface area (Å²) in [5, 5.41) is 3.85. The number of hydrogen-bond donors (Lipinski definition) is 0. The molecule has 0 aromatic carbocycles. The smallest absolute Gasteiger partial charge is 0.264 e. The van der Waals surface area contributed by atoms with Crippen molar-refractivity contribution in [2.75, 3.05) is 0 Å². The third kappa shape index (κ3) is 2.05. The van der Waals surface area contributed by atoms with Crippen molar-refractivity contribution >= 4 is 0 Å². The zero-order chi connectivity index (χ0) is 10.2.